The van der Waals surface area contributed by atoms with Gasteiger partial charge in [-0.3, -0.25) is 4.79 Å². The molecule has 0 aromatic rings. The van der Waals surface area contributed by atoms with E-state index in [1.54, 1.807) is 18.6 Å². The lowest BCUT2D eigenvalue weighted by atomic mass is 10.1. The Morgan fingerprint density at radius 2 is 2.17 bits per heavy atom. The van der Waals surface area contributed by atoms with Gasteiger partial charge in [-0.1, -0.05) is 0 Å². The van der Waals surface area contributed by atoms with Gasteiger partial charge in [-0.15, -0.1) is 0 Å². The van der Waals surface area contributed by atoms with Gasteiger partial charge in [0.15, 0.2) is 0 Å². The van der Waals surface area contributed by atoms with Gasteiger partial charge in [0.1, 0.15) is 0 Å². The molecule has 8 nitrogen and oxygen atoms in total. The van der Waals surface area contributed by atoms with E-state index in [9.17, 15) is 18.0 Å². The first kappa shape index (κ1) is 14.7. The number of hydrogen-bond donors (Lipinski definition) is 3. The second kappa shape index (κ2) is 6.01. The molecule has 1 atom stereocenters. The summed E-state index contributed by atoms with van der Waals surface area (Å²) in [5.74, 6) is -0.113. The van der Waals surface area contributed by atoms with Crippen LogP contribution in [0.5, 0.6) is 0 Å². The van der Waals surface area contributed by atoms with Gasteiger partial charge in [0.2, 0.25) is 5.91 Å². The number of nitrogens with one attached hydrogen (secondary N) is 3. The number of hydrogen-bond acceptors (Lipinski definition) is 5. The lowest BCUT2D eigenvalue weighted by Gasteiger charge is -2.23. The molecule has 1 unspecified atom stereocenters. The van der Waals surface area contributed by atoms with Crippen molar-refractivity contribution in [2.24, 2.45) is 0 Å². The van der Waals surface area contributed by atoms with Crippen LogP contribution in [-0.4, -0.2) is 39.1 Å². The molecular formula is C9H17N3O5S. The summed E-state index contributed by atoms with van der Waals surface area (Å²) in [5.41, 5.74) is 0. The second-order valence-electron chi connectivity index (χ2n) is 4.22. The first-order valence-electron chi connectivity index (χ1n) is 5.56. The molecule has 0 saturated carbocycles. The summed E-state index contributed by atoms with van der Waals surface area (Å²) >= 11 is 0. The third kappa shape index (κ3) is 5.32. The average molecular weight is 279 g/mol. The normalized spacial score (nSPS) is 20.4. The summed E-state index contributed by atoms with van der Waals surface area (Å²) in [6.45, 7) is 3.42. The molecular weight excluding hydrogens is 262 g/mol. The minimum Gasteiger partial charge on any atom is -0.446 e. The van der Waals surface area contributed by atoms with E-state index in [1.807, 2.05) is 0 Å². The molecule has 1 heterocycles. The molecule has 1 fully saturated rings. The minimum absolute atomic E-state index is 0.113. The van der Waals surface area contributed by atoms with Crippen molar-refractivity contribution < 1.29 is 22.7 Å². The number of rotatable bonds is 4. The molecule has 0 aliphatic carbocycles. The predicted molar refractivity (Wildman–Crippen MR) is 62.8 cm³/mol. The van der Waals surface area contributed by atoms with Gasteiger partial charge in [0.25, 0.3) is 0 Å². The maximum atomic E-state index is 11.5. The van der Waals surface area contributed by atoms with Crippen LogP contribution >= 0.6 is 0 Å². The van der Waals surface area contributed by atoms with Crippen LogP contribution < -0.4 is 14.8 Å². The summed E-state index contributed by atoms with van der Waals surface area (Å²) in [4.78, 5) is 22.0. The fourth-order valence-corrected chi connectivity index (χ4v) is 2.40. The fourth-order valence-electron chi connectivity index (χ4n) is 1.43. The molecule has 0 aromatic heterocycles. The smallest absolute Gasteiger partial charge is 0.422 e. The number of carbonyl (C=O) groups is 2. The van der Waals surface area contributed by atoms with Crippen molar-refractivity contribution in [1.29, 1.82) is 0 Å². The summed E-state index contributed by atoms with van der Waals surface area (Å²) in [5, 5.41) is 2.53. The number of piperidine rings is 1. The largest absolute Gasteiger partial charge is 0.446 e. The monoisotopic (exact) mass is 279 g/mol. The summed E-state index contributed by atoms with van der Waals surface area (Å²) < 4.78 is 31.7. The molecule has 1 saturated heterocycles. The Bertz CT molecular complexity index is 410. The quantitative estimate of drug-likeness (QED) is 0.625. The lowest BCUT2D eigenvalue weighted by molar-refractivity contribution is -0.122. The van der Waals surface area contributed by atoms with Gasteiger partial charge in [0.05, 0.1) is 6.10 Å². The van der Waals surface area contributed by atoms with E-state index in [1.165, 1.54) is 0 Å². The molecule has 1 rings (SSSR count). The topological polar surface area (TPSA) is 114 Å². The van der Waals surface area contributed by atoms with Gasteiger partial charge in [-0.25, -0.2) is 9.52 Å². The number of amides is 2. The van der Waals surface area contributed by atoms with E-state index in [-0.39, 0.29) is 18.9 Å². The molecule has 18 heavy (non-hydrogen) atoms. The van der Waals surface area contributed by atoms with Crippen LogP contribution in [0.3, 0.4) is 0 Å². The Labute approximate surface area is 106 Å². The first-order valence-corrected chi connectivity index (χ1v) is 7.04. The minimum atomic E-state index is -3.97. The molecule has 0 spiro atoms. The summed E-state index contributed by atoms with van der Waals surface area (Å²) in [7, 11) is -3.97. The molecule has 104 valence electrons. The summed E-state index contributed by atoms with van der Waals surface area (Å²) in [6, 6.07) is -0.424. The van der Waals surface area contributed by atoms with Gasteiger partial charge >= 0.3 is 16.3 Å². The van der Waals surface area contributed by atoms with Crippen LogP contribution in [0.25, 0.3) is 0 Å². The average Bonchev–Trinajstić information content (AvgIpc) is 2.18. The second-order valence-corrected chi connectivity index (χ2v) is 5.66. The Morgan fingerprint density at radius 3 is 2.67 bits per heavy atom. The number of carbonyl (C=O) groups excluding carboxylic acids is 2. The highest BCUT2D eigenvalue weighted by Crippen LogP contribution is 2.03. The Balaban J connectivity index is 2.44. The van der Waals surface area contributed by atoms with Crippen LogP contribution in [-0.2, 0) is 19.7 Å². The van der Waals surface area contributed by atoms with Gasteiger partial charge in [-0.05, 0) is 20.3 Å². The zero-order chi connectivity index (χ0) is 13.8. The van der Waals surface area contributed by atoms with Crippen molar-refractivity contribution in [1.82, 2.24) is 14.8 Å². The predicted octanol–water partition coefficient (Wildman–Crippen LogP) is -0.766. The van der Waals surface area contributed by atoms with Gasteiger partial charge in [0, 0.05) is 19.0 Å². The van der Waals surface area contributed by atoms with Crippen molar-refractivity contribution in [2.75, 3.05) is 6.54 Å². The summed E-state index contributed by atoms with van der Waals surface area (Å²) in [6.07, 6.45) is -0.790. The SMILES string of the molecule is CC(C)OC(=O)NS(=O)(=O)NC1CCC(=O)NC1. The molecule has 0 bridgehead atoms. The van der Waals surface area contributed by atoms with E-state index in [0.717, 1.165) is 0 Å². The molecule has 0 aromatic carbocycles. The van der Waals surface area contributed by atoms with Crippen molar-refractivity contribution in [3.05, 3.63) is 0 Å². The Morgan fingerprint density at radius 1 is 1.50 bits per heavy atom. The fraction of sp³-hybridized carbons (Fsp3) is 0.778. The molecule has 9 heteroatoms. The van der Waals surface area contributed by atoms with E-state index in [4.69, 9.17) is 0 Å². The van der Waals surface area contributed by atoms with Gasteiger partial charge in [-0.2, -0.15) is 13.1 Å². The van der Waals surface area contributed by atoms with E-state index < -0.39 is 28.4 Å². The Hall–Kier alpha value is -1.35. The third-order valence-electron chi connectivity index (χ3n) is 2.15. The van der Waals surface area contributed by atoms with Crippen LogP contribution in [0, 0.1) is 0 Å². The highest BCUT2D eigenvalue weighted by molar-refractivity contribution is 7.88. The van der Waals surface area contributed by atoms with Crippen LogP contribution in [0.1, 0.15) is 26.7 Å². The van der Waals surface area contributed by atoms with Crippen LogP contribution in [0.4, 0.5) is 4.79 Å². The maximum absolute atomic E-state index is 11.5. The maximum Gasteiger partial charge on any atom is 0.422 e. The zero-order valence-electron chi connectivity index (χ0n) is 10.2. The van der Waals surface area contributed by atoms with Gasteiger partial charge < -0.3 is 10.1 Å². The standard InChI is InChI=1S/C9H17N3O5S/c1-6(2)17-9(14)12-18(15,16)11-7-3-4-8(13)10-5-7/h6-7,11H,3-5H2,1-2H3,(H,10,13)(H,12,14). The zero-order valence-corrected chi connectivity index (χ0v) is 11.0. The third-order valence-corrected chi connectivity index (χ3v) is 3.23. The van der Waals surface area contributed by atoms with Crippen molar-refractivity contribution >= 4 is 22.2 Å². The molecule has 3 N–H and O–H groups in total. The molecule has 2 amide bonds. The van der Waals surface area contributed by atoms with Crippen LogP contribution in [0.2, 0.25) is 0 Å². The van der Waals surface area contributed by atoms with Crippen molar-refractivity contribution in [3.63, 3.8) is 0 Å². The first-order chi connectivity index (χ1) is 8.28. The van der Waals surface area contributed by atoms with E-state index in [0.29, 0.717) is 6.42 Å². The molecule has 0 radical (unpaired) electrons. The number of ether oxygens (including phenoxy) is 1. The van der Waals surface area contributed by atoms with Crippen molar-refractivity contribution in [2.45, 2.75) is 38.8 Å². The lowest BCUT2D eigenvalue weighted by Crippen LogP contribution is -2.52. The highest BCUT2D eigenvalue weighted by atomic mass is 32.2. The highest BCUT2D eigenvalue weighted by Gasteiger charge is 2.24. The van der Waals surface area contributed by atoms with Crippen molar-refractivity contribution in [3.8, 4) is 0 Å². The molecule has 1 aliphatic heterocycles. The van der Waals surface area contributed by atoms with E-state index in [2.05, 4.69) is 14.8 Å². The van der Waals surface area contributed by atoms with E-state index >= 15 is 0 Å². The van der Waals surface area contributed by atoms with Crippen LogP contribution in [0.15, 0.2) is 0 Å². The Kier molecular flexibility index (Phi) is 4.91. The molecule has 1 aliphatic rings.